The Bertz CT molecular complexity index is 249. The van der Waals surface area contributed by atoms with Gasteiger partial charge >= 0.3 is 0 Å². The molecular formula is C11H18N2O. The zero-order valence-corrected chi connectivity index (χ0v) is 8.97. The highest BCUT2D eigenvalue weighted by Gasteiger charge is 2.29. The van der Waals surface area contributed by atoms with E-state index in [0.717, 1.165) is 12.8 Å². The molecule has 0 aromatic heterocycles. The molecule has 14 heavy (non-hydrogen) atoms. The van der Waals surface area contributed by atoms with Gasteiger partial charge in [-0.25, -0.2) is 0 Å². The standard InChI is InChI=1S/C11H18N2O/c1-9(8-12)10(14)13-11(2)6-4-3-5-7-11/h9H,3-7H2,1-2H3,(H,13,14). The highest BCUT2D eigenvalue weighted by molar-refractivity contribution is 5.81. The van der Waals surface area contributed by atoms with E-state index in [9.17, 15) is 4.79 Å². The fourth-order valence-electron chi connectivity index (χ4n) is 1.92. The summed E-state index contributed by atoms with van der Waals surface area (Å²) in [6.45, 7) is 3.72. The molecule has 1 fully saturated rings. The summed E-state index contributed by atoms with van der Waals surface area (Å²) in [4.78, 5) is 11.5. The third-order valence-corrected chi connectivity index (χ3v) is 2.97. The average molecular weight is 194 g/mol. The van der Waals surface area contributed by atoms with Gasteiger partial charge in [-0.05, 0) is 26.7 Å². The lowest BCUT2D eigenvalue weighted by Crippen LogP contribution is -2.48. The van der Waals surface area contributed by atoms with Gasteiger partial charge in [-0.1, -0.05) is 19.3 Å². The lowest BCUT2D eigenvalue weighted by Gasteiger charge is -2.34. The minimum absolute atomic E-state index is 0.0690. The Morgan fingerprint density at radius 2 is 2.00 bits per heavy atom. The Balaban J connectivity index is 2.50. The highest BCUT2D eigenvalue weighted by atomic mass is 16.2. The van der Waals surface area contributed by atoms with Gasteiger partial charge in [0.05, 0.1) is 6.07 Å². The fraction of sp³-hybridized carbons (Fsp3) is 0.818. The van der Waals surface area contributed by atoms with Crippen LogP contribution in [0.5, 0.6) is 0 Å². The second-order valence-corrected chi connectivity index (χ2v) is 4.46. The third-order valence-electron chi connectivity index (χ3n) is 2.97. The van der Waals surface area contributed by atoms with Crippen LogP contribution in [0.15, 0.2) is 0 Å². The third kappa shape index (κ3) is 2.73. The minimum Gasteiger partial charge on any atom is -0.350 e. The van der Waals surface area contributed by atoms with Crippen molar-refractivity contribution in [1.82, 2.24) is 5.32 Å². The summed E-state index contributed by atoms with van der Waals surface area (Å²) in [6, 6.07) is 1.96. The number of amides is 1. The van der Waals surface area contributed by atoms with E-state index in [0.29, 0.717) is 0 Å². The first-order chi connectivity index (χ1) is 6.57. The van der Waals surface area contributed by atoms with E-state index in [1.807, 2.05) is 6.07 Å². The molecule has 78 valence electrons. The van der Waals surface area contributed by atoms with E-state index < -0.39 is 5.92 Å². The lowest BCUT2D eigenvalue weighted by molar-refractivity contribution is -0.125. The Hall–Kier alpha value is -1.04. The number of hydrogen-bond donors (Lipinski definition) is 1. The van der Waals surface area contributed by atoms with E-state index in [4.69, 9.17) is 5.26 Å². The number of rotatable bonds is 2. The zero-order chi connectivity index (χ0) is 10.6. The molecule has 1 aliphatic carbocycles. The summed E-state index contributed by atoms with van der Waals surface area (Å²) in [5.74, 6) is -0.661. The number of carbonyl (C=O) groups excluding carboxylic acids is 1. The Morgan fingerprint density at radius 1 is 1.43 bits per heavy atom. The first kappa shape index (κ1) is 11.0. The molecule has 1 unspecified atom stereocenters. The molecule has 0 aromatic carbocycles. The molecule has 3 heteroatoms. The normalized spacial score (nSPS) is 22.1. The smallest absolute Gasteiger partial charge is 0.237 e. The van der Waals surface area contributed by atoms with E-state index in [2.05, 4.69) is 12.2 Å². The minimum atomic E-state index is -0.534. The van der Waals surface area contributed by atoms with Crippen LogP contribution in [0.25, 0.3) is 0 Å². The van der Waals surface area contributed by atoms with Crippen molar-refractivity contribution in [2.45, 2.75) is 51.5 Å². The topological polar surface area (TPSA) is 52.9 Å². The fourth-order valence-corrected chi connectivity index (χ4v) is 1.92. The number of hydrogen-bond acceptors (Lipinski definition) is 2. The van der Waals surface area contributed by atoms with Crippen molar-refractivity contribution in [2.75, 3.05) is 0 Å². The lowest BCUT2D eigenvalue weighted by atomic mass is 9.83. The van der Waals surface area contributed by atoms with E-state index in [1.165, 1.54) is 19.3 Å². The van der Waals surface area contributed by atoms with Gasteiger partial charge in [0.25, 0.3) is 0 Å². The first-order valence-corrected chi connectivity index (χ1v) is 5.29. The number of nitrogens with one attached hydrogen (secondary N) is 1. The van der Waals surface area contributed by atoms with Crippen molar-refractivity contribution >= 4 is 5.91 Å². The van der Waals surface area contributed by atoms with Crippen LogP contribution < -0.4 is 5.32 Å². The molecule has 0 aliphatic heterocycles. The van der Waals surface area contributed by atoms with Gasteiger partial charge in [0.1, 0.15) is 5.92 Å². The van der Waals surface area contributed by atoms with Crippen LogP contribution >= 0.6 is 0 Å². The highest BCUT2D eigenvalue weighted by Crippen LogP contribution is 2.27. The molecule has 1 rings (SSSR count). The molecule has 0 aromatic rings. The molecule has 1 N–H and O–H groups in total. The summed E-state index contributed by atoms with van der Waals surface area (Å²) >= 11 is 0. The van der Waals surface area contributed by atoms with E-state index in [1.54, 1.807) is 6.92 Å². The van der Waals surface area contributed by atoms with Gasteiger partial charge in [-0.3, -0.25) is 4.79 Å². The summed E-state index contributed by atoms with van der Waals surface area (Å²) < 4.78 is 0. The van der Waals surface area contributed by atoms with Gasteiger partial charge in [0.2, 0.25) is 5.91 Å². The van der Waals surface area contributed by atoms with Crippen LogP contribution in [0.4, 0.5) is 0 Å². The van der Waals surface area contributed by atoms with Crippen LogP contribution in [0.1, 0.15) is 46.0 Å². The Morgan fingerprint density at radius 3 is 2.50 bits per heavy atom. The molecule has 0 radical (unpaired) electrons. The van der Waals surface area contributed by atoms with Gasteiger partial charge in [0, 0.05) is 5.54 Å². The molecular weight excluding hydrogens is 176 g/mol. The SMILES string of the molecule is CC(C#N)C(=O)NC1(C)CCCCC1. The molecule has 0 saturated heterocycles. The van der Waals surface area contributed by atoms with Crippen LogP contribution in [0.3, 0.4) is 0 Å². The molecule has 0 bridgehead atoms. The maximum absolute atomic E-state index is 11.5. The quantitative estimate of drug-likeness (QED) is 0.730. The maximum Gasteiger partial charge on any atom is 0.237 e. The van der Waals surface area contributed by atoms with Gasteiger partial charge in [0.15, 0.2) is 0 Å². The molecule has 1 atom stereocenters. The second kappa shape index (κ2) is 4.45. The van der Waals surface area contributed by atoms with Crippen molar-refractivity contribution in [3.05, 3.63) is 0 Å². The number of nitriles is 1. The van der Waals surface area contributed by atoms with Crippen molar-refractivity contribution in [3.63, 3.8) is 0 Å². The van der Waals surface area contributed by atoms with Crippen LogP contribution in [0.2, 0.25) is 0 Å². The summed E-state index contributed by atoms with van der Waals surface area (Å²) in [7, 11) is 0. The number of nitrogens with zero attached hydrogens (tertiary/aromatic N) is 1. The van der Waals surface area contributed by atoms with Crippen molar-refractivity contribution < 1.29 is 4.79 Å². The first-order valence-electron chi connectivity index (χ1n) is 5.29. The Kier molecular flexibility index (Phi) is 3.51. The molecule has 0 spiro atoms. The van der Waals surface area contributed by atoms with Gasteiger partial charge in [-0.2, -0.15) is 5.26 Å². The van der Waals surface area contributed by atoms with E-state index in [-0.39, 0.29) is 11.4 Å². The van der Waals surface area contributed by atoms with Crippen LogP contribution in [-0.2, 0) is 4.79 Å². The van der Waals surface area contributed by atoms with Gasteiger partial charge in [-0.15, -0.1) is 0 Å². The van der Waals surface area contributed by atoms with Crippen molar-refractivity contribution in [1.29, 1.82) is 5.26 Å². The molecule has 0 heterocycles. The van der Waals surface area contributed by atoms with Gasteiger partial charge < -0.3 is 5.32 Å². The van der Waals surface area contributed by atoms with Crippen LogP contribution in [-0.4, -0.2) is 11.4 Å². The molecule has 1 aliphatic rings. The monoisotopic (exact) mass is 194 g/mol. The maximum atomic E-state index is 11.5. The molecule has 1 saturated carbocycles. The predicted molar refractivity (Wildman–Crippen MR) is 54.4 cm³/mol. The molecule has 3 nitrogen and oxygen atoms in total. The summed E-state index contributed by atoms with van der Waals surface area (Å²) in [5.41, 5.74) is -0.0690. The average Bonchev–Trinajstić information content (AvgIpc) is 2.17. The second-order valence-electron chi connectivity index (χ2n) is 4.46. The largest absolute Gasteiger partial charge is 0.350 e. The number of carbonyl (C=O) groups is 1. The van der Waals surface area contributed by atoms with Crippen molar-refractivity contribution in [3.8, 4) is 6.07 Å². The van der Waals surface area contributed by atoms with Crippen LogP contribution in [0, 0.1) is 17.2 Å². The van der Waals surface area contributed by atoms with Crippen molar-refractivity contribution in [2.24, 2.45) is 5.92 Å². The van der Waals surface area contributed by atoms with E-state index >= 15 is 0 Å². The predicted octanol–water partition coefficient (Wildman–Crippen LogP) is 1.99. The Labute approximate surface area is 85.5 Å². The molecule has 1 amide bonds. The zero-order valence-electron chi connectivity index (χ0n) is 8.97. The summed E-state index contributed by atoms with van der Waals surface area (Å²) in [6.07, 6.45) is 5.70. The summed E-state index contributed by atoms with van der Waals surface area (Å²) in [5, 5.41) is 11.6.